The van der Waals surface area contributed by atoms with Crippen molar-refractivity contribution in [2.45, 2.75) is 19.4 Å². The van der Waals surface area contributed by atoms with Crippen molar-refractivity contribution < 1.29 is 18.5 Å². The van der Waals surface area contributed by atoms with Crippen LogP contribution in [-0.4, -0.2) is 64.5 Å². The number of halogens is 1. The summed E-state index contributed by atoms with van der Waals surface area (Å²) in [7, 11) is 0. The molecule has 2 aromatic carbocycles. The third-order valence-electron chi connectivity index (χ3n) is 6.62. The molecule has 0 N–H and O–H groups in total. The first kappa shape index (κ1) is 22.2. The molecular weight excluding hydrogens is 437 g/mol. The Labute approximate surface area is 197 Å². The van der Waals surface area contributed by atoms with Gasteiger partial charge in [-0.3, -0.25) is 14.5 Å². The van der Waals surface area contributed by atoms with Crippen molar-refractivity contribution in [3.05, 3.63) is 66.3 Å². The highest BCUT2D eigenvalue weighted by Gasteiger charge is 2.39. The molecule has 2 saturated heterocycles. The van der Waals surface area contributed by atoms with Crippen molar-refractivity contribution >= 4 is 17.5 Å². The van der Waals surface area contributed by atoms with Gasteiger partial charge >= 0.3 is 0 Å². The molecule has 5 rings (SSSR count). The van der Waals surface area contributed by atoms with E-state index in [1.54, 1.807) is 23.1 Å². The van der Waals surface area contributed by atoms with Crippen molar-refractivity contribution in [2.75, 3.05) is 37.6 Å². The molecule has 0 aliphatic carbocycles. The number of amides is 2. The van der Waals surface area contributed by atoms with Gasteiger partial charge in [-0.15, -0.1) is 0 Å². The molecule has 9 heteroatoms. The Morgan fingerprint density at radius 3 is 2.50 bits per heavy atom. The van der Waals surface area contributed by atoms with Gasteiger partial charge in [0, 0.05) is 44.7 Å². The minimum atomic E-state index is -0.458. The first-order chi connectivity index (χ1) is 16.5. The first-order valence-electron chi connectivity index (χ1n) is 11.5. The Bertz CT molecular complexity index is 1180. The van der Waals surface area contributed by atoms with Crippen LogP contribution >= 0.6 is 0 Å². The average Bonchev–Trinajstić information content (AvgIpc) is 3.52. The van der Waals surface area contributed by atoms with Gasteiger partial charge in [0.15, 0.2) is 0 Å². The van der Waals surface area contributed by atoms with E-state index in [9.17, 15) is 14.0 Å². The Morgan fingerprint density at radius 1 is 1.06 bits per heavy atom. The Hall–Kier alpha value is -3.59. The minimum Gasteiger partial charge on any atom is -0.340 e. The number of para-hydroxylation sites is 1. The monoisotopic (exact) mass is 463 g/mol. The molecule has 3 heterocycles. The van der Waals surface area contributed by atoms with E-state index in [1.807, 2.05) is 37.3 Å². The van der Waals surface area contributed by atoms with Crippen LogP contribution in [0.25, 0.3) is 11.4 Å². The van der Waals surface area contributed by atoms with E-state index in [0.29, 0.717) is 37.9 Å². The fourth-order valence-corrected chi connectivity index (χ4v) is 4.63. The molecule has 2 aliphatic heterocycles. The zero-order chi connectivity index (χ0) is 23.7. The van der Waals surface area contributed by atoms with E-state index in [2.05, 4.69) is 15.0 Å². The van der Waals surface area contributed by atoms with Crippen molar-refractivity contribution in [3.63, 3.8) is 0 Å². The number of piperazine rings is 1. The summed E-state index contributed by atoms with van der Waals surface area (Å²) in [6.45, 7) is 4.64. The molecule has 176 valence electrons. The highest BCUT2D eigenvalue weighted by Crippen LogP contribution is 2.29. The fourth-order valence-electron chi connectivity index (χ4n) is 4.63. The zero-order valence-corrected chi connectivity index (χ0v) is 18.9. The summed E-state index contributed by atoms with van der Waals surface area (Å²) in [5, 5.41) is 4.10. The lowest BCUT2D eigenvalue weighted by Crippen LogP contribution is -2.51. The van der Waals surface area contributed by atoms with Crippen LogP contribution in [0.15, 0.2) is 59.1 Å². The third-order valence-corrected chi connectivity index (χ3v) is 6.62. The Balaban J connectivity index is 1.18. The van der Waals surface area contributed by atoms with Crippen molar-refractivity contribution in [3.8, 4) is 11.4 Å². The molecule has 2 amide bonds. The second kappa shape index (κ2) is 9.34. The zero-order valence-electron chi connectivity index (χ0n) is 18.9. The molecule has 0 bridgehead atoms. The van der Waals surface area contributed by atoms with E-state index in [1.165, 1.54) is 11.0 Å². The molecule has 0 spiro atoms. The number of aromatic nitrogens is 2. The van der Waals surface area contributed by atoms with Gasteiger partial charge in [0.05, 0.1) is 17.6 Å². The number of rotatable bonds is 5. The summed E-state index contributed by atoms with van der Waals surface area (Å²) in [4.78, 5) is 35.5. The first-order valence-corrected chi connectivity index (χ1v) is 11.5. The lowest BCUT2D eigenvalue weighted by Gasteiger charge is -2.37. The molecule has 2 atom stereocenters. The lowest BCUT2D eigenvalue weighted by molar-refractivity contribution is -0.137. The molecular formula is C25H26FN5O3. The number of hydrogen-bond donors (Lipinski definition) is 0. The minimum absolute atomic E-state index is 0.0522. The van der Waals surface area contributed by atoms with Crippen LogP contribution in [0.4, 0.5) is 10.1 Å². The SMILES string of the molecule is CC(c1nc(-c2ccccc2)no1)N1CCN(C(=O)C2CC(=O)N(c3ccccc3F)C2)CC1. The van der Waals surface area contributed by atoms with E-state index in [0.717, 1.165) is 5.56 Å². The van der Waals surface area contributed by atoms with E-state index < -0.39 is 11.7 Å². The van der Waals surface area contributed by atoms with Gasteiger partial charge in [-0.1, -0.05) is 47.6 Å². The maximum atomic E-state index is 14.1. The summed E-state index contributed by atoms with van der Waals surface area (Å²) < 4.78 is 19.7. The van der Waals surface area contributed by atoms with Crippen LogP contribution in [0, 0.1) is 11.7 Å². The Morgan fingerprint density at radius 2 is 1.76 bits per heavy atom. The molecule has 34 heavy (non-hydrogen) atoms. The third kappa shape index (κ3) is 4.31. The molecule has 8 nitrogen and oxygen atoms in total. The summed E-state index contributed by atoms with van der Waals surface area (Å²) in [5.74, 6) is -0.0875. The van der Waals surface area contributed by atoms with E-state index in [-0.39, 0.29) is 36.5 Å². The van der Waals surface area contributed by atoms with Crippen molar-refractivity contribution in [2.24, 2.45) is 5.92 Å². The molecule has 0 radical (unpaired) electrons. The van der Waals surface area contributed by atoms with Crippen LogP contribution in [0.5, 0.6) is 0 Å². The van der Waals surface area contributed by atoms with Crippen LogP contribution in [0.1, 0.15) is 25.3 Å². The van der Waals surface area contributed by atoms with Gasteiger partial charge in [0.25, 0.3) is 0 Å². The summed E-state index contributed by atoms with van der Waals surface area (Å²) in [5.41, 5.74) is 1.13. The predicted octanol–water partition coefficient (Wildman–Crippen LogP) is 3.13. The maximum Gasteiger partial charge on any atom is 0.244 e. The molecule has 3 aromatic rings. The number of carbonyl (C=O) groups excluding carboxylic acids is 2. The van der Waals surface area contributed by atoms with Gasteiger partial charge in [-0.2, -0.15) is 4.98 Å². The van der Waals surface area contributed by atoms with Gasteiger partial charge in [0.2, 0.25) is 23.5 Å². The Kier molecular flexibility index (Phi) is 6.10. The highest BCUT2D eigenvalue weighted by molar-refractivity contribution is 6.00. The van der Waals surface area contributed by atoms with Crippen LogP contribution in [-0.2, 0) is 9.59 Å². The number of nitrogens with zero attached hydrogens (tertiary/aromatic N) is 5. The number of hydrogen-bond acceptors (Lipinski definition) is 6. The smallest absolute Gasteiger partial charge is 0.244 e. The standard InChI is InChI=1S/C25H26FN5O3/c1-17(24-27-23(28-34-24)18-7-3-2-4-8-18)29-11-13-30(14-12-29)25(33)19-15-22(32)31(16-19)21-10-6-5-9-20(21)26/h2-10,17,19H,11-16H2,1H3. The summed E-state index contributed by atoms with van der Waals surface area (Å²) >= 11 is 0. The van der Waals surface area contributed by atoms with Gasteiger partial charge in [-0.05, 0) is 19.1 Å². The fraction of sp³-hybridized carbons (Fsp3) is 0.360. The van der Waals surface area contributed by atoms with E-state index >= 15 is 0 Å². The topological polar surface area (TPSA) is 82.8 Å². The predicted molar refractivity (Wildman–Crippen MR) is 123 cm³/mol. The van der Waals surface area contributed by atoms with Gasteiger partial charge in [0.1, 0.15) is 5.82 Å². The van der Waals surface area contributed by atoms with E-state index in [4.69, 9.17) is 4.52 Å². The molecule has 2 aliphatic rings. The summed E-state index contributed by atoms with van der Waals surface area (Å²) in [6.07, 6.45) is 0.105. The normalized spacial score (nSPS) is 20.1. The molecule has 2 fully saturated rings. The number of anilines is 1. The lowest BCUT2D eigenvalue weighted by atomic mass is 10.1. The largest absolute Gasteiger partial charge is 0.340 e. The van der Waals surface area contributed by atoms with Gasteiger partial charge in [-0.25, -0.2) is 4.39 Å². The second-order valence-corrected chi connectivity index (χ2v) is 8.72. The molecule has 0 saturated carbocycles. The molecule has 1 aromatic heterocycles. The number of benzene rings is 2. The van der Waals surface area contributed by atoms with Crippen LogP contribution < -0.4 is 4.90 Å². The second-order valence-electron chi connectivity index (χ2n) is 8.72. The molecule has 2 unspecified atom stereocenters. The average molecular weight is 464 g/mol. The number of carbonyl (C=O) groups is 2. The van der Waals surface area contributed by atoms with Crippen molar-refractivity contribution in [1.29, 1.82) is 0 Å². The highest BCUT2D eigenvalue weighted by atomic mass is 19.1. The van der Waals surface area contributed by atoms with Crippen molar-refractivity contribution in [1.82, 2.24) is 19.9 Å². The van der Waals surface area contributed by atoms with Crippen LogP contribution in [0.3, 0.4) is 0 Å². The van der Waals surface area contributed by atoms with Gasteiger partial charge < -0.3 is 14.3 Å². The quantitative estimate of drug-likeness (QED) is 0.578. The maximum absolute atomic E-state index is 14.1. The van der Waals surface area contributed by atoms with Crippen LogP contribution in [0.2, 0.25) is 0 Å². The summed E-state index contributed by atoms with van der Waals surface area (Å²) in [6, 6.07) is 15.8.